The van der Waals surface area contributed by atoms with Crippen LogP contribution in [0.25, 0.3) is 0 Å². The van der Waals surface area contributed by atoms with Crippen LogP contribution in [0.15, 0.2) is 109 Å². The molecule has 2 N–H and O–H groups in total. The van der Waals surface area contributed by atoms with Crippen molar-refractivity contribution < 1.29 is 19.1 Å². The molecule has 0 spiro atoms. The number of amides is 3. The van der Waals surface area contributed by atoms with E-state index in [4.69, 9.17) is 4.74 Å². The summed E-state index contributed by atoms with van der Waals surface area (Å²) in [6.45, 7) is 2.20. The first kappa shape index (κ1) is 24.8. The van der Waals surface area contributed by atoms with Crippen LogP contribution < -0.4 is 10.6 Å². The summed E-state index contributed by atoms with van der Waals surface area (Å²) in [5.41, 5.74) is 4.26. The van der Waals surface area contributed by atoms with E-state index in [1.165, 1.54) is 4.90 Å². The van der Waals surface area contributed by atoms with E-state index in [1.54, 1.807) is 60.7 Å². The van der Waals surface area contributed by atoms with Crippen LogP contribution in [-0.4, -0.2) is 28.8 Å². The molecule has 2 atom stereocenters. The lowest BCUT2D eigenvalue weighted by Gasteiger charge is -2.24. The van der Waals surface area contributed by atoms with Gasteiger partial charge in [-0.25, -0.2) is 4.79 Å². The second kappa shape index (κ2) is 11.0. The van der Waals surface area contributed by atoms with Gasteiger partial charge >= 0.3 is 6.09 Å². The highest BCUT2D eigenvalue weighted by Crippen LogP contribution is 2.35. The molecule has 0 radical (unpaired) electrons. The predicted molar refractivity (Wildman–Crippen MR) is 146 cm³/mol. The lowest BCUT2D eigenvalue weighted by atomic mass is 9.99. The minimum atomic E-state index is -0.927. The number of nitrogens with zero attached hydrogens (tertiary/aromatic N) is 1. The molecule has 1 heterocycles. The highest BCUT2D eigenvalue weighted by molar-refractivity contribution is 6.04. The minimum Gasteiger partial charge on any atom is -0.438 e. The SMILES string of the molecule is Cc1ccc(CN2C(=O)O[C@H](c3cccc(NC(=O)c4ccccc4)c3)[C@H]2C(=O)Nc2ccccc2)cc1. The number of nitrogens with one attached hydrogen (secondary N) is 2. The molecular weight excluding hydrogens is 478 g/mol. The number of anilines is 2. The Bertz CT molecular complexity index is 1440. The van der Waals surface area contributed by atoms with Gasteiger partial charge in [-0.05, 0) is 54.4 Å². The van der Waals surface area contributed by atoms with Crippen LogP contribution in [0.5, 0.6) is 0 Å². The molecule has 4 aromatic rings. The van der Waals surface area contributed by atoms with Crippen LogP contribution in [0.2, 0.25) is 0 Å². The van der Waals surface area contributed by atoms with Crippen molar-refractivity contribution in [2.45, 2.75) is 25.6 Å². The van der Waals surface area contributed by atoms with Crippen molar-refractivity contribution in [1.29, 1.82) is 0 Å². The van der Waals surface area contributed by atoms with Crippen molar-refractivity contribution >= 4 is 29.3 Å². The predicted octanol–water partition coefficient (Wildman–Crippen LogP) is 5.95. The summed E-state index contributed by atoms with van der Waals surface area (Å²) in [5.74, 6) is -0.622. The summed E-state index contributed by atoms with van der Waals surface area (Å²) in [6.07, 6.45) is -1.45. The molecule has 1 saturated heterocycles. The average Bonchev–Trinajstić information content (AvgIpc) is 3.27. The number of benzene rings is 4. The topological polar surface area (TPSA) is 87.7 Å². The van der Waals surface area contributed by atoms with Crippen LogP contribution in [0.4, 0.5) is 16.2 Å². The number of cyclic esters (lactones) is 1. The van der Waals surface area contributed by atoms with Crippen molar-refractivity contribution in [2.24, 2.45) is 0 Å². The molecule has 7 nitrogen and oxygen atoms in total. The molecule has 3 amide bonds. The van der Waals surface area contributed by atoms with E-state index in [1.807, 2.05) is 55.5 Å². The first-order valence-electron chi connectivity index (χ1n) is 12.3. The van der Waals surface area contributed by atoms with Crippen LogP contribution in [0, 0.1) is 6.92 Å². The monoisotopic (exact) mass is 505 g/mol. The third kappa shape index (κ3) is 5.57. The largest absolute Gasteiger partial charge is 0.438 e. The Kier molecular flexibility index (Phi) is 7.17. The fourth-order valence-corrected chi connectivity index (χ4v) is 4.42. The van der Waals surface area contributed by atoms with E-state index in [9.17, 15) is 14.4 Å². The van der Waals surface area contributed by atoms with Crippen molar-refractivity contribution in [3.63, 3.8) is 0 Å². The molecule has 5 rings (SSSR count). The second-order valence-electron chi connectivity index (χ2n) is 9.16. The smallest absolute Gasteiger partial charge is 0.411 e. The number of carbonyl (C=O) groups is 3. The van der Waals surface area contributed by atoms with Gasteiger partial charge in [0.1, 0.15) is 0 Å². The summed E-state index contributed by atoms with van der Waals surface area (Å²) in [4.78, 5) is 40.8. The molecule has 1 fully saturated rings. The maximum atomic E-state index is 13.6. The Hall–Kier alpha value is -4.91. The van der Waals surface area contributed by atoms with Gasteiger partial charge in [-0.15, -0.1) is 0 Å². The van der Waals surface area contributed by atoms with Crippen LogP contribution >= 0.6 is 0 Å². The van der Waals surface area contributed by atoms with Gasteiger partial charge in [0.2, 0.25) is 0 Å². The normalized spacial score (nSPS) is 16.6. The zero-order chi connectivity index (χ0) is 26.5. The number of rotatable bonds is 7. The fourth-order valence-electron chi connectivity index (χ4n) is 4.42. The Morgan fingerprint density at radius 1 is 0.789 bits per heavy atom. The third-order valence-electron chi connectivity index (χ3n) is 6.38. The maximum Gasteiger partial charge on any atom is 0.411 e. The zero-order valence-corrected chi connectivity index (χ0v) is 20.8. The van der Waals surface area contributed by atoms with Crippen molar-refractivity contribution in [3.8, 4) is 0 Å². The molecule has 0 saturated carbocycles. The summed E-state index contributed by atoms with van der Waals surface area (Å²) in [5, 5.41) is 5.79. The molecule has 38 heavy (non-hydrogen) atoms. The lowest BCUT2D eigenvalue weighted by molar-refractivity contribution is -0.121. The second-order valence-corrected chi connectivity index (χ2v) is 9.16. The molecule has 4 aromatic carbocycles. The van der Waals surface area contributed by atoms with E-state index in [0.717, 1.165) is 11.1 Å². The molecule has 0 unspecified atom stereocenters. The summed E-state index contributed by atoms with van der Waals surface area (Å²) >= 11 is 0. The number of aryl methyl sites for hydroxylation is 1. The molecule has 0 bridgehead atoms. The Balaban J connectivity index is 1.44. The van der Waals surface area contributed by atoms with E-state index < -0.39 is 18.2 Å². The summed E-state index contributed by atoms with van der Waals surface area (Å²) in [7, 11) is 0. The van der Waals surface area contributed by atoms with Crippen LogP contribution in [0.3, 0.4) is 0 Å². The molecular formula is C31H27N3O4. The van der Waals surface area contributed by atoms with Gasteiger partial charge in [0.15, 0.2) is 12.1 Å². The van der Waals surface area contributed by atoms with E-state index in [-0.39, 0.29) is 18.4 Å². The summed E-state index contributed by atoms with van der Waals surface area (Å²) < 4.78 is 5.79. The Morgan fingerprint density at radius 3 is 2.16 bits per heavy atom. The number of hydrogen-bond donors (Lipinski definition) is 2. The van der Waals surface area contributed by atoms with Gasteiger partial charge in [0, 0.05) is 16.9 Å². The standard InChI is InChI=1S/C31H27N3O4/c1-21-15-17-22(18-16-21)20-34-27(30(36)32-25-12-6-3-7-13-25)28(38-31(34)37)24-11-8-14-26(19-24)33-29(35)23-9-4-2-5-10-23/h2-19,27-28H,20H2,1H3,(H,32,36)(H,33,35)/t27-,28+/m0/s1. The zero-order valence-electron chi connectivity index (χ0n) is 20.8. The van der Waals surface area contributed by atoms with Gasteiger partial charge in [-0.3, -0.25) is 14.5 Å². The lowest BCUT2D eigenvalue weighted by Crippen LogP contribution is -2.43. The van der Waals surface area contributed by atoms with E-state index in [0.29, 0.717) is 22.5 Å². The van der Waals surface area contributed by atoms with Gasteiger partial charge in [-0.1, -0.05) is 78.4 Å². The third-order valence-corrected chi connectivity index (χ3v) is 6.38. The first-order chi connectivity index (χ1) is 18.5. The average molecular weight is 506 g/mol. The van der Waals surface area contributed by atoms with Gasteiger partial charge < -0.3 is 15.4 Å². The first-order valence-corrected chi connectivity index (χ1v) is 12.3. The van der Waals surface area contributed by atoms with E-state index in [2.05, 4.69) is 10.6 Å². The number of para-hydroxylation sites is 1. The molecule has 7 heteroatoms. The van der Waals surface area contributed by atoms with Crippen LogP contribution in [0.1, 0.15) is 33.2 Å². The Morgan fingerprint density at radius 2 is 1.45 bits per heavy atom. The van der Waals surface area contributed by atoms with Crippen molar-refractivity contribution in [2.75, 3.05) is 10.6 Å². The molecule has 190 valence electrons. The Labute approximate surface area is 221 Å². The number of carbonyl (C=O) groups excluding carboxylic acids is 3. The fraction of sp³-hybridized carbons (Fsp3) is 0.129. The minimum absolute atomic E-state index is 0.215. The highest BCUT2D eigenvalue weighted by Gasteiger charge is 2.47. The van der Waals surface area contributed by atoms with Gasteiger partial charge in [0.05, 0.1) is 6.54 Å². The number of hydrogen-bond acceptors (Lipinski definition) is 4. The molecule has 0 aliphatic carbocycles. The van der Waals surface area contributed by atoms with Crippen molar-refractivity contribution in [3.05, 3.63) is 131 Å². The highest BCUT2D eigenvalue weighted by atomic mass is 16.6. The molecule has 1 aliphatic heterocycles. The van der Waals surface area contributed by atoms with Gasteiger partial charge in [0.25, 0.3) is 11.8 Å². The molecule has 0 aromatic heterocycles. The number of ether oxygens (including phenoxy) is 1. The van der Waals surface area contributed by atoms with Gasteiger partial charge in [-0.2, -0.15) is 0 Å². The maximum absolute atomic E-state index is 13.6. The molecule has 1 aliphatic rings. The van der Waals surface area contributed by atoms with Crippen molar-refractivity contribution in [1.82, 2.24) is 4.90 Å². The van der Waals surface area contributed by atoms with E-state index >= 15 is 0 Å². The summed E-state index contributed by atoms with van der Waals surface area (Å²) in [6, 6.07) is 31.9. The quantitative estimate of drug-likeness (QED) is 0.325. The van der Waals surface area contributed by atoms with Crippen LogP contribution in [-0.2, 0) is 16.1 Å².